The third-order valence-corrected chi connectivity index (χ3v) is 6.84. The summed E-state index contributed by atoms with van der Waals surface area (Å²) < 4.78 is 27.4. The lowest BCUT2D eigenvalue weighted by atomic mass is 10.1. The third kappa shape index (κ3) is 3.52. The maximum atomic E-state index is 12.9. The van der Waals surface area contributed by atoms with Crippen molar-refractivity contribution in [3.05, 3.63) is 58.7 Å². The Kier molecular flexibility index (Phi) is 5.18. The minimum atomic E-state index is -3.56. The van der Waals surface area contributed by atoms with E-state index in [-0.39, 0.29) is 0 Å². The maximum Gasteiger partial charge on any atom is 0.243 e. The average molecular weight is 380 g/mol. The van der Waals surface area contributed by atoms with Gasteiger partial charge in [-0.2, -0.15) is 14.8 Å². The van der Waals surface area contributed by atoms with Crippen LogP contribution in [0, 0.1) is 36.5 Å². The first-order chi connectivity index (χ1) is 12.9. The van der Waals surface area contributed by atoms with Gasteiger partial charge < -0.3 is 4.90 Å². The second-order valence-electron chi connectivity index (χ2n) is 6.56. The molecule has 2 aromatic rings. The lowest BCUT2D eigenvalue weighted by molar-refractivity contribution is 0.384. The van der Waals surface area contributed by atoms with Crippen molar-refractivity contribution in [2.45, 2.75) is 18.7 Å². The van der Waals surface area contributed by atoms with E-state index in [4.69, 9.17) is 0 Å². The van der Waals surface area contributed by atoms with Crippen molar-refractivity contribution in [2.24, 2.45) is 0 Å². The summed E-state index contributed by atoms with van der Waals surface area (Å²) in [5, 5.41) is 18.7. The standard InChI is InChI=1S/C20H20N4O2S/c1-15-6-7-19(12-16(15)2)27(25,26)24-10-8-23(9-11-24)20-17(13-21)4-3-5-18(20)14-22/h3-7,12H,8-11H2,1-2H3. The molecule has 0 aliphatic carbocycles. The molecule has 3 rings (SSSR count). The third-order valence-electron chi connectivity index (χ3n) is 4.95. The Morgan fingerprint density at radius 2 is 1.48 bits per heavy atom. The zero-order chi connectivity index (χ0) is 19.6. The fourth-order valence-corrected chi connectivity index (χ4v) is 4.75. The molecule has 1 heterocycles. The first kappa shape index (κ1) is 18.9. The van der Waals surface area contributed by atoms with Gasteiger partial charge in [-0.05, 0) is 49.2 Å². The van der Waals surface area contributed by atoms with Crippen LogP contribution in [0.3, 0.4) is 0 Å². The van der Waals surface area contributed by atoms with E-state index in [0.717, 1.165) is 11.1 Å². The van der Waals surface area contributed by atoms with Crippen LogP contribution in [0.4, 0.5) is 5.69 Å². The molecule has 0 N–H and O–H groups in total. The van der Waals surface area contributed by atoms with Gasteiger partial charge in [0.25, 0.3) is 0 Å². The van der Waals surface area contributed by atoms with Crippen LogP contribution in [0.15, 0.2) is 41.3 Å². The van der Waals surface area contributed by atoms with E-state index in [1.807, 2.05) is 24.8 Å². The van der Waals surface area contributed by atoms with Crippen LogP contribution in [0.2, 0.25) is 0 Å². The number of piperazine rings is 1. The van der Waals surface area contributed by atoms with Gasteiger partial charge in [-0.15, -0.1) is 0 Å². The Labute approximate surface area is 159 Å². The van der Waals surface area contributed by atoms with Gasteiger partial charge in [-0.1, -0.05) is 12.1 Å². The molecule has 7 heteroatoms. The van der Waals surface area contributed by atoms with Crippen molar-refractivity contribution in [1.29, 1.82) is 10.5 Å². The average Bonchev–Trinajstić information content (AvgIpc) is 2.69. The molecular formula is C20H20N4O2S. The van der Waals surface area contributed by atoms with E-state index in [0.29, 0.717) is 47.9 Å². The fraction of sp³-hybridized carbons (Fsp3) is 0.300. The van der Waals surface area contributed by atoms with Crippen molar-refractivity contribution in [3.8, 4) is 12.1 Å². The first-order valence-corrected chi connectivity index (χ1v) is 10.1. The molecule has 1 aliphatic heterocycles. The molecule has 138 valence electrons. The molecule has 1 aliphatic rings. The second kappa shape index (κ2) is 7.40. The van der Waals surface area contributed by atoms with Crippen LogP contribution in [-0.2, 0) is 10.0 Å². The summed E-state index contributed by atoms with van der Waals surface area (Å²) in [6.07, 6.45) is 0. The highest BCUT2D eigenvalue weighted by molar-refractivity contribution is 7.89. The molecule has 1 saturated heterocycles. The van der Waals surface area contributed by atoms with Crippen molar-refractivity contribution < 1.29 is 8.42 Å². The number of hydrogen-bond donors (Lipinski definition) is 0. The number of rotatable bonds is 3. The molecule has 0 radical (unpaired) electrons. The molecule has 1 fully saturated rings. The summed E-state index contributed by atoms with van der Waals surface area (Å²) >= 11 is 0. The molecule has 0 amide bonds. The van der Waals surface area contributed by atoms with Crippen LogP contribution in [0.1, 0.15) is 22.3 Å². The van der Waals surface area contributed by atoms with Crippen LogP contribution in [0.25, 0.3) is 0 Å². The topological polar surface area (TPSA) is 88.2 Å². The smallest absolute Gasteiger partial charge is 0.243 e. The molecule has 0 unspecified atom stereocenters. The van der Waals surface area contributed by atoms with Crippen molar-refractivity contribution in [1.82, 2.24) is 4.31 Å². The summed E-state index contributed by atoms with van der Waals surface area (Å²) in [5.41, 5.74) is 3.44. The number of nitrogens with zero attached hydrogens (tertiary/aromatic N) is 4. The van der Waals surface area contributed by atoms with Crippen LogP contribution in [-0.4, -0.2) is 38.9 Å². The Balaban J connectivity index is 1.83. The summed E-state index contributed by atoms with van der Waals surface area (Å²) in [5.74, 6) is 0. The van der Waals surface area contributed by atoms with Crippen molar-refractivity contribution >= 4 is 15.7 Å². The van der Waals surface area contributed by atoms with E-state index in [1.165, 1.54) is 4.31 Å². The number of nitriles is 2. The number of sulfonamides is 1. The first-order valence-electron chi connectivity index (χ1n) is 8.64. The minimum absolute atomic E-state index is 0.300. The predicted octanol–water partition coefficient (Wildman–Crippen LogP) is 2.56. The van der Waals surface area contributed by atoms with Gasteiger partial charge in [-0.3, -0.25) is 0 Å². The Hall–Kier alpha value is -2.87. The monoisotopic (exact) mass is 380 g/mol. The maximum absolute atomic E-state index is 12.9. The van der Waals surface area contributed by atoms with E-state index in [9.17, 15) is 18.9 Å². The summed E-state index contributed by atoms with van der Waals surface area (Å²) in [6.45, 7) is 5.31. The number of para-hydroxylation sites is 1. The lowest BCUT2D eigenvalue weighted by Crippen LogP contribution is -2.49. The largest absolute Gasteiger partial charge is 0.367 e. The van der Waals surface area contributed by atoms with Crippen LogP contribution in [0.5, 0.6) is 0 Å². The molecule has 2 aromatic carbocycles. The van der Waals surface area contributed by atoms with Gasteiger partial charge in [0.2, 0.25) is 10.0 Å². The van der Waals surface area contributed by atoms with E-state index in [2.05, 4.69) is 12.1 Å². The minimum Gasteiger partial charge on any atom is -0.367 e. The van der Waals surface area contributed by atoms with Gasteiger partial charge in [0, 0.05) is 26.2 Å². The molecule has 6 nitrogen and oxygen atoms in total. The molecule has 0 spiro atoms. The second-order valence-corrected chi connectivity index (χ2v) is 8.50. The van der Waals surface area contributed by atoms with E-state index in [1.54, 1.807) is 30.3 Å². The van der Waals surface area contributed by atoms with Crippen molar-refractivity contribution in [3.63, 3.8) is 0 Å². The molecule has 0 atom stereocenters. The van der Waals surface area contributed by atoms with Gasteiger partial charge in [-0.25, -0.2) is 8.42 Å². The Morgan fingerprint density at radius 3 is 2.00 bits per heavy atom. The summed E-state index contributed by atoms with van der Waals surface area (Å²) in [6, 6.07) is 14.4. The molecule has 0 aromatic heterocycles. The van der Waals surface area contributed by atoms with E-state index < -0.39 is 10.0 Å². The van der Waals surface area contributed by atoms with E-state index >= 15 is 0 Å². The summed E-state index contributed by atoms with van der Waals surface area (Å²) in [4.78, 5) is 2.22. The molecule has 0 bridgehead atoms. The number of hydrogen-bond acceptors (Lipinski definition) is 5. The van der Waals surface area contributed by atoms with Gasteiger partial charge in [0.15, 0.2) is 0 Å². The number of anilines is 1. The Bertz CT molecular complexity index is 1020. The predicted molar refractivity (Wildman–Crippen MR) is 103 cm³/mol. The summed E-state index contributed by atoms with van der Waals surface area (Å²) in [7, 11) is -3.56. The molecule has 0 saturated carbocycles. The van der Waals surface area contributed by atoms with Crippen molar-refractivity contribution in [2.75, 3.05) is 31.1 Å². The number of benzene rings is 2. The highest BCUT2D eigenvalue weighted by Crippen LogP contribution is 2.27. The zero-order valence-electron chi connectivity index (χ0n) is 15.3. The van der Waals surface area contributed by atoms with Crippen LogP contribution < -0.4 is 4.90 Å². The quantitative estimate of drug-likeness (QED) is 0.816. The van der Waals surface area contributed by atoms with Gasteiger partial charge in [0.1, 0.15) is 12.1 Å². The highest BCUT2D eigenvalue weighted by Gasteiger charge is 2.30. The normalized spacial score (nSPS) is 15.2. The number of aryl methyl sites for hydroxylation is 2. The highest BCUT2D eigenvalue weighted by atomic mass is 32.2. The SMILES string of the molecule is Cc1ccc(S(=O)(=O)N2CCN(c3c(C#N)cccc3C#N)CC2)cc1C. The Morgan fingerprint density at radius 1 is 0.889 bits per heavy atom. The zero-order valence-corrected chi connectivity index (χ0v) is 16.1. The van der Waals surface area contributed by atoms with Gasteiger partial charge >= 0.3 is 0 Å². The fourth-order valence-electron chi connectivity index (χ4n) is 3.24. The van der Waals surface area contributed by atoms with Crippen LogP contribution >= 0.6 is 0 Å². The molecule has 27 heavy (non-hydrogen) atoms. The van der Waals surface area contributed by atoms with Gasteiger partial charge in [0.05, 0.1) is 21.7 Å². The molecular weight excluding hydrogens is 360 g/mol. The lowest BCUT2D eigenvalue weighted by Gasteiger charge is -2.36.